The number of rotatable bonds is 12. The minimum atomic E-state index is -1.04. The highest BCUT2D eigenvalue weighted by Gasteiger charge is 2.39. The molecule has 312 valence electrons. The summed E-state index contributed by atoms with van der Waals surface area (Å²) in [5.74, 6) is 0.368. The fourth-order valence-electron chi connectivity index (χ4n) is 8.55. The SMILES string of the molecule is C=C(C)OC(=O)N[C@@H](C(=O)N1CCC[C@H]1C(=O)Nc1ccc2[nH]c(-c3ccc(-c4cnc([C@@H]5CCCN5C(=O)[C@@H](c5ccccc5)N(C)C)[nH]4)cc3)cc2c1)c1ccccc1. The third-order valence-electron chi connectivity index (χ3n) is 11.5. The van der Waals surface area contributed by atoms with Crippen LogP contribution in [-0.2, 0) is 19.1 Å². The van der Waals surface area contributed by atoms with Crippen LogP contribution >= 0.6 is 0 Å². The molecule has 2 fully saturated rings. The molecular weight excluding hydrogens is 769 g/mol. The number of nitrogens with one attached hydrogen (secondary N) is 4. The first kappa shape index (κ1) is 40.8. The van der Waals surface area contributed by atoms with Gasteiger partial charge in [0.2, 0.25) is 11.8 Å². The Morgan fingerprint density at radius 3 is 2.13 bits per heavy atom. The number of carbonyl (C=O) groups excluding carboxylic acids is 4. The minimum absolute atomic E-state index is 0.0766. The average Bonchev–Trinajstić information content (AvgIpc) is 4.10. The lowest BCUT2D eigenvalue weighted by molar-refractivity contribution is -0.138. The number of aromatic amines is 2. The van der Waals surface area contributed by atoms with Crippen molar-refractivity contribution in [2.75, 3.05) is 32.5 Å². The van der Waals surface area contributed by atoms with E-state index in [2.05, 4.69) is 51.4 Å². The van der Waals surface area contributed by atoms with Gasteiger partial charge in [-0.1, -0.05) is 91.5 Å². The molecule has 0 saturated carbocycles. The van der Waals surface area contributed by atoms with Crippen LogP contribution < -0.4 is 10.6 Å². The van der Waals surface area contributed by atoms with Crippen molar-refractivity contribution in [1.82, 2.24) is 35.0 Å². The Kier molecular flexibility index (Phi) is 11.8. The molecule has 2 aliphatic rings. The summed E-state index contributed by atoms with van der Waals surface area (Å²) in [7, 11) is 3.88. The second-order valence-corrected chi connectivity index (χ2v) is 16.0. The van der Waals surface area contributed by atoms with E-state index in [0.717, 1.165) is 57.6 Å². The van der Waals surface area contributed by atoms with Crippen LogP contribution in [0.5, 0.6) is 0 Å². The summed E-state index contributed by atoms with van der Waals surface area (Å²) < 4.78 is 5.09. The molecule has 4 atom stereocenters. The Morgan fingerprint density at radius 2 is 1.44 bits per heavy atom. The van der Waals surface area contributed by atoms with Gasteiger partial charge in [-0.2, -0.15) is 0 Å². The molecule has 2 saturated heterocycles. The van der Waals surface area contributed by atoms with E-state index in [1.807, 2.05) is 90.8 Å². The molecule has 4 amide bonds. The number of nitrogens with zero attached hydrogens (tertiary/aromatic N) is 4. The van der Waals surface area contributed by atoms with Crippen molar-refractivity contribution in [3.63, 3.8) is 0 Å². The van der Waals surface area contributed by atoms with Crippen molar-refractivity contribution in [3.8, 4) is 22.5 Å². The van der Waals surface area contributed by atoms with E-state index in [0.29, 0.717) is 37.2 Å². The van der Waals surface area contributed by atoms with Gasteiger partial charge in [0.1, 0.15) is 23.9 Å². The van der Waals surface area contributed by atoms with Gasteiger partial charge in [-0.25, -0.2) is 9.78 Å². The fourth-order valence-corrected chi connectivity index (χ4v) is 8.55. The molecule has 4 heterocycles. The highest BCUT2D eigenvalue weighted by Crippen LogP contribution is 2.36. The first-order valence-electron chi connectivity index (χ1n) is 20.6. The zero-order valence-electron chi connectivity index (χ0n) is 34.6. The number of ether oxygens (including phenoxy) is 1. The van der Waals surface area contributed by atoms with E-state index >= 15 is 0 Å². The molecule has 0 bridgehead atoms. The van der Waals surface area contributed by atoms with Crippen LogP contribution in [0.4, 0.5) is 10.5 Å². The highest BCUT2D eigenvalue weighted by molar-refractivity contribution is 6.00. The molecular formula is C48H50N8O5. The van der Waals surface area contributed by atoms with Gasteiger partial charge < -0.3 is 35.1 Å². The lowest BCUT2D eigenvalue weighted by atomic mass is 10.0. The van der Waals surface area contributed by atoms with Gasteiger partial charge in [0.05, 0.1) is 23.7 Å². The first-order valence-corrected chi connectivity index (χ1v) is 20.6. The molecule has 0 radical (unpaired) electrons. The largest absolute Gasteiger partial charge is 0.416 e. The maximum absolute atomic E-state index is 13.9. The molecule has 61 heavy (non-hydrogen) atoms. The first-order chi connectivity index (χ1) is 29.5. The predicted octanol–water partition coefficient (Wildman–Crippen LogP) is 8.12. The van der Waals surface area contributed by atoms with Gasteiger partial charge in [0, 0.05) is 35.4 Å². The zero-order valence-corrected chi connectivity index (χ0v) is 34.6. The van der Waals surface area contributed by atoms with Crippen LogP contribution in [0.1, 0.15) is 67.7 Å². The van der Waals surface area contributed by atoms with Crippen molar-refractivity contribution < 1.29 is 23.9 Å². The lowest BCUT2D eigenvalue weighted by Crippen LogP contribution is -2.48. The summed E-state index contributed by atoms with van der Waals surface area (Å²) in [5, 5.41) is 6.60. The van der Waals surface area contributed by atoms with Crippen LogP contribution in [-0.4, -0.2) is 86.7 Å². The molecule has 0 aliphatic carbocycles. The topological polar surface area (TPSA) is 156 Å². The Morgan fingerprint density at radius 1 is 0.787 bits per heavy atom. The molecule has 13 nitrogen and oxygen atoms in total. The molecule has 2 aromatic heterocycles. The van der Waals surface area contributed by atoms with Crippen molar-refractivity contribution in [2.24, 2.45) is 0 Å². The number of anilines is 1. The number of alkyl carbamates (subject to hydrolysis) is 1. The van der Waals surface area contributed by atoms with E-state index < -0.39 is 24.1 Å². The number of allylic oxidation sites excluding steroid dienone is 1. The molecule has 0 unspecified atom stereocenters. The number of imidazole rings is 1. The highest BCUT2D eigenvalue weighted by atomic mass is 16.6. The van der Waals surface area contributed by atoms with Crippen molar-refractivity contribution >= 4 is 40.4 Å². The number of likely N-dealkylation sites (tertiary alicyclic amines) is 2. The number of H-pyrrole nitrogens is 2. The van der Waals surface area contributed by atoms with Crippen LogP contribution in [0.15, 0.2) is 128 Å². The normalized spacial score (nSPS) is 17.3. The third kappa shape index (κ3) is 8.83. The standard InChI is InChI=1S/C48H50N8O5/c1-30(2)61-48(60)53-42(33-13-7-5-8-14-33)46(58)56-26-12-18-41(56)45(57)50-36-23-24-37-35(27-36)28-38(51-37)31-19-21-32(22-20-31)39-29-49-44(52-39)40-17-11-25-55(40)47(59)43(54(3)4)34-15-9-6-10-16-34/h5-10,13-16,19-24,27-29,40-43,51H,1,11-12,17-18,25-26H2,2-4H3,(H,49,52)(H,50,57)(H,53,60)/t40-,41-,42+,43+/m0/s1. The number of hydrogen-bond acceptors (Lipinski definition) is 7. The summed E-state index contributed by atoms with van der Waals surface area (Å²) in [5.41, 5.74) is 6.83. The summed E-state index contributed by atoms with van der Waals surface area (Å²) >= 11 is 0. The number of fused-ring (bicyclic) bond motifs is 1. The Balaban J connectivity index is 0.930. The maximum Gasteiger partial charge on any atom is 0.413 e. The van der Waals surface area contributed by atoms with Gasteiger partial charge in [-0.05, 0) is 93.2 Å². The quantitative estimate of drug-likeness (QED) is 0.0910. The van der Waals surface area contributed by atoms with E-state index in [4.69, 9.17) is 9.72 Å². The minimum Gasteiger partial charge on any atom is -0.416 e. The smallest absolute Gasteiger partial charge is 0.413 e. The van der Waals surface area contributed by atoms with Gasteiger partial charge in [0.15, 0.2) is 0 Å². The number of carbonyl (C=O) groups is 4. The monoisotopic (exact) mass is 818 g/mol. The van der Waals surface area contributed by atoms with E-state index in [9.17, 15) is 19.2 Å². The summed E-state index contributed by atoms with van der Waals surface area (Å²) in [4.78, 5) is 71.4. The molecule has 8 rings (SSSR count). The second-order valence-electron chi connectivity index (χ2n) is 16.0. The average molecular weight is 819 g/mol. The number of hydrogen-bond donors (Lipinski definition) is 4. The maximum atomic E-state index is 13.9. The van der Waals surface area contributed by atoms with Crippen molar-refractivity contribution in [3.05, 3.63) is 145 Å². The van der Waals surface area contributed by atoms with Gasteiger partial charge in [-0.15, -0.1) is 0 Å². The molecule has 0 spiro atoms. The summed E-state index contributed by atoms with van der Waals surface area (Å²) in [6.07, 6.45) is 3.95. The van der Waals surface area contributed by atoms with Crippen molar-refractivity contribution in [1.29, 1.82) is 0 Å². The van der Waals surface area contributed by atoms with Gasteiger partial charge in [-0.3, -0.25) is 19.3 Å². The van der Waals surface area contributed by atoms with Crippen LogP contribution in [0.25, 0.3) is 33.4 Å². The molecule has 2 aliphatic heterocycles. The molecule has 4 aromatic carbocycles. The number of amides is 4. The Labute approximate surface area is 354 Å². The Bertz CT molecular complexity index is 2550. The van der Waals surface area contributed by atoms with Crippen LogP contribution in [0.2, 0.25) is 0 Å². The Hall–Kier alpha value is -6.99. The molecule has 6 aromatic rings. The van der Waals surface area contributed by atoms with Crippen LogP contribution in [0.3, 0.4) is 0 Å². The number of benzene rings is 4. The molecule has 4 N–H and O–H groups in total. The predicted molar refractivity (Wildman–Crippen MR) is 235 cm³/mol. The lowest BCUT2D eigenvalue weighted by Gasteiger charge is -2.31. The number of likely N-dealkylation sites (N-methyl/N-ethyl adjacent to an activating group) is 1. The third-order valence-corrected chi connectivity index (χ3v) is 11.5. The summed E-state index contributed by atoms with van der Waals surface area (Å²) in [6, 6.07) is 32.5. The van der Waals surface area contributed by atoms with Crippen molar-refractivity contribution in [2.45, 2.75) is 56.8 Å². The van der Waals surface area contributed by atoms with E-state index in [-0.39, 0.29) is 29.7 Å². The fraction of sp³-hybridized carbons (Fsp3) is 0.271. The second kappa shape index (κ2) is 17.7. The summed E-state index contributed by atoms with van der Waals surface area (Å²) in [6.45, 7) is 6.22. The van der Waals surface area contributed by atoms with Gasteiger partial charge in [0.25, 0.3) is 5.91 Å². The molecule has 13 heteroatoms. The number of aromatic nitrogens is 3. The van der Waals surface area contributed by atoms with Crippen LogP contribution in [0, 0.1) is 0 Å². The van der Waals surface area contributed by atoms with Gasteiger partial charge >= 0.3 is 6.09 Å². The van der Waals surface area contributed by atoms with E-state index in [1.54, 1.807) is 31.2 Å². The van der Waals surface area contributed by atoms with E-state index in [1.165, 1.54) is 4.90 Å². The zero-order chi connectivity index (χ0) is 42.6.